The van der Waals surface area contributed by atoms with Crippen LogP contribution in [0.25, 0.3) is 4.91 Å². The standard InChI is InChI=1S/C13H15NO4S/c1-3-8-5-9(4-2)7-10(6-8)12-11(15)13(16)14-19(12,17)18/h5-7,15H,3-4H2,1-2H3,(H,14,16). The quantitative estimate of drug-likeness (QED) is 0.879. The molecule has 1 aliphatic rings. The van der Waals surface area contributed by atoms with Crippen LogP contribution in [-0.2, 0) is 27.7 Å². The van der Waals surface area contributed by atoms with Crippen LogP contribution >= 0.6 is 0 Å². The minimum atomic E-state index is -3.96. The first-order chi connectivity index (χ1) is 8.89. The smallest absolute Gasteiger partial charge is 0.301 e. The maximum absolute atomic E-state index is 11.8. The van der Waals surface area contributed by atoms with Gasteiger partial charge in [-0.05, 0) is 29.5 Å². The monoisotopic (exact) mass is 281 g/mol. The van der Waals surface area contributed by atoms with Crippen molar-refractivity contribution in [3.05, 3.63) is 40.6 Å². The Bertz CT molecular complexity index is 652. The van der Waals surface area contributed by atoms with Crippen molar-refractivity contribution in [2.24, 2.45) is 0 Å². The molecule has 1 aromatic carbocycles. The maximum atomic E-state index is 11.8. The molecule has 0 saturated heterocycles. The van der Waals surface area contributed by atoms with Gasteiger partial charge in [0.15, 0.2) is 0 Å². The number of amides is 1. The zero-order valence-corrected chi connectivity index (χ0v) is 11.5. The number of aliphatic hydroxyl groups is 1. The van der Waals surface area contributed by atoms with Crippen molar-refractivity contribution < 1.29 is 18.3 Å². The normalized spacial score (nSPS) is 17.7. The van der Waals surface area contributed by atoms with Gasteiger partial charge in [0.05, 0.1) is 0 Å². The van der Waals surface area contributed by atoms with Crippen LogP contribution in [0.2, 0.25) is 0 Å². The van der Waals surface area contributed by atoms with Crippen molar-refractivity contribution >= 4 is 20.8 Å². The predicted octanol–water partition coefficient (Wildman–Crippen LogP) is 1.50. The summed E-state index contributed by atoms with van der Waals surface area (Å²) in [5.41, 5.74) is 2.28. The molecule has 1 aliphatic heterocycles. The number of rotatable bonds is 3. The van der Waals surface area contributed by atoms with Crippen LogP contribution in [-0.4, -0.2) is 19.4 Å². The van der Waals surface area contributed by atoms with Crippen molar-refractivity contribution in [1.29, 1.82) is 0 Å². The molecule has 2 N–H and O–H groups in total. The van der Waals surface area contributed by atoms with E-state index in [1.165, 1.54) is 0 Å². The number of hydrogen-bond acceptors (Lipinski definition) is 4. The van der Waals surface area contributed by atoms with Gasteiger partial charge >= 0.3 is 5.91 Å². The minimum Gasteiger partial charge on any atom is -0.502 e. The molecule has 6 heteroatoms. The van der Waals surface area contributed by atoms with Gasteiger partial charge in [-0.3, -0.25) is 4.79 Å². The van der Waals surface area contributed by atoms with Crippen LogP contribution < -0.4 is 4.72 Å². The van der Waals surface area contributed by atoms with Crippen LogP contribution in [0.5, 0.6) is 0 Å². The molecule has 0 saturated carbocycles. The largest absolute Gasteiger partial charge is 0.502 e. The number of benzene rings is 1. The van der Waals surface area contributed by atoms with E-state index in [0.29, 0.717) is 5.56 Å². The molecule has 0 radical (unpaired) electrons. The highest BCUT2D eigenvalue weighted by atomic mass is 32.2. The minimum absolute atomic E-state index is 0.331. The fourth-order valence-electron chi connectivity index (χ4n) is 2.05. The highest BCUT2D eigenvalue weighted by Gasteiger charge is 2.37. The van der Waals surface area contributed by atoms with Gasteiger partial charge < -0.3 is 5.11 Å². The third kappa shape index (κ3) is 2.35. The van der Waals surface area contributed by atoms with Crippen LogP contribution in [0.1, 0.15) is 30.5 Å². The van der Waals surface area contributed by atoms with E-state index in [0.717, 1.165) is 24.0 Å². The summed E-state index contributed by atoms with van der Waals surface area (Å²) in [7, 11) is -3.96. The molecule has 1 aromatic rings. The van der Waals surface area contributed by atoms with Gasteiger partial charge in [0.2, 0.25) is 5.76 Å². The molecule has 19 heavy (non-hydrogen) atoms. The molecule has 0 bridgehead atoms. The number of hydrogen-bond donors (Lipinski definition) is 2. The third-order valence-corrected chi connectivity index (χ3v) is 4.48. The van der Waals surface area contributed by atoms with Crippen molar-refractivity contribution in [2.75, 3.05) is 0 Å². The first kappa shape index (κ1) is 13.6. The summed E-state index contributed by atoms with van der Waals surface area (Å²) >= 11 is 0. The number of nitrogens with one attached hydrogen (secondary N) is 1. The molecule has 0 fully saturated rings. The summed E-state index contributed by atoms with van der Waals surface area (Å²) in [4.78, 5) is 11.0. The Balaban J connectivity index is 2.68. The van der Waals surface area contributed by atoms with Crippen molar-refractivity contribution in [1.82, 2.24) is 4.72 Å². The Hall–Kier alpha value is -1.82. The number of carbonyl (C=O) groups is 1. The van der Waals surface area contributed by atoms with Crippen LogP contribution in [0, 0.1) is 0 Å². The summed E-state index contributed by atoms with van der Waals surface area (Å²) < 4.78 is 25.4. The molecular formula is C13H15NO4S. The SMILES string of the molecule is CCc1cc(CC)cc(C2=C(O)C(=O)NS2(=O)=O)c1. The topological polar surface area (TPSA) is 83.5 Å². The van der Waals surface area contributed by atoms with Gasteiger partial charge in [0.1, 0.15) is 4.91 Å². The first-order valence-corrected chi connectivity index (χ1v) is 7.51. The molecule has 1 heterocycles. The molecule has 1 amide bonds. The van der Waals surface area contributed by atoms with E-state index < -0.39 is 21.7 Å². The predicted molar refractivity (Wildman–Crippen MR) is 71.8 cm³/mol. The molecular weight excluding hydrogens is 266 g/mol. The van der Waals surface area contributed by atoms with E-state index in [1.807, 2.05) is 19.9 Å². The van der Waals surface area contributed by atoms with E-state index in [1.54, 1.807) is 16.9 Å². The maximum Gasteiger partial charge on any atom is 0.301 e. The summed E-state index contributed by atoms with van der Waals surface area (Å²) in [5.74, 6) is -1.72. The number of aliphatic hydroxyl groups excluding tert-OH is 1. The summed E-state index contributed by atoms with van der Waals surface area (Å²) in [5, 5.41) is 9.66. The van der Waals surface area contributed by atoms with E-state index in [9.17, 15) is 18.3 Å². The number of aryl methyl sites for hydroxylation is 2. The molecule has 0 atom stereocenters. The lowest BCUT2D eigenvalue weighted by Gasteiger charge is -2.08. The van der Waals surface area contributed by atoms with Crippen molar-refractivity contribution in [2.45, 2.75) is 26.7 Å². The second kappa shape index (κ2) is 4.70. The lowest BCUT2D eigenvalue weighted by molar-refractivity contribution is -0.117. The summed E-state index contributed by atoms with van der Waals surface area (Å²) in [6.45, 7) is 3.92. The molecule has 0 aromatic heterocycles. The van der Waals surface area contributed by atoms with Gasteiger partial charge in [-0.2, -0.15) is 0 Å². The van der Waals surface area contributed by atoms with Gasteiger partial charge in [-0.1, -0.05) is 32.0 Å². The first-order valence-electron chi connectivity index (χ1n) is 6.02. The Morgan fingerprint density at radius 3 is 2.00 bits per heavy atom. The molecule has 5 nitrogen and oxygen atoms in total. The van der Waals surface area contributed by atoms with E-state index in [-0.39, 0.29) is 4.91 Å². The van der Waals surface area contributed by atoms with Crippen LogP contribution in [0.4, 0.5) is 0 Å². The lowest BCUT2D eigenvalue weighted by Crippen LogP contribution is -2.23. The van der Waals surface area contributed by atoms with E-state index in [2.05, 4.69) is 0 Å². The van der Waals surface area contributed by atoms with Crippen molar-refractivity contribution in [3.63, 3.8) is 0 Å². The average molecular weight is 281 g/mol. The fraction of sp³-hybridized carbons (Fsp3) is 0.308. The average Bonchev–Trinajstić information content (AvgIpc) is 2.57. The molecule has 2 rings (SSSR count). The second-order valence-electron chi connectivity index (χ2n) is 4.36. The Morgan fingerprint density at radius 1 is 1.11 bits per heavy atom. The Labute approximate surface area is 112 Å². The van der Waals surface area contributed by atoms with E-state index >= 15 is 0 Å². The molecule has 0 spiro atoms. The number of carbonyl (C=O) groups excluding carboxylic acids is 1. The highest BCUT2D eigenvalue weighted by Crippen LogP contribution is 2.29. The van der Waals surface area contributed by atoms with Crippen LogP contribution in [0.15, 0.2) is 24.0 Å². The van der Waals surface area contributed by atoms with Gasteiger partial charge in [-0.25, -0.2) is 13.1 Å². The Kier molecular flexibility index (Phi) is 3.36. The summed E-state index contributed by atoms with van der Waals surface area (Å²) in [6, 6.07) is 5.35. The molecule has 102 valence electrons. The zero-order chi connectivity index (χ0) is 14.2. The molecule has 0 unspecified atom stereocenters. The number of sulfonamides is 1. The van der Waals surface area contributed by atoms with Gasteiger partial charge in [-0.15, -0.1) is 0 Å². The van der Waals surface area contributed by atoms with Gasteiger partial charge in [0, 0.05) is 0 Å². The van der Waals surface area contributed by atoms with Crippen LogP contribution in [0.3, 0.4) is 0 Å². The highest BCUT2D eigenvalue weighted by molar-refractivity contribution is 8.00. The Morgan fingerprint density at radius 2 is 1.63 bits per heavy atom. The second-order valence-corrected chi connectivity index (χ2v) is 5.98. The fourth-order valence-corrected chi connectivity index (χ4v) is 3.26. The van der Waals surface area contributed by atoms with E-state index in [4.69, 9.17) is 0 Å². The third-order valence-electron chi connectivity index (χ3n) is 3.06. The zero-order valence-electron chi connectivity index (χ0n) is 10.7. The summed E-state index contributed by atoms with van der Waals surface area (Å²) in [6.07, 6.45) is 1.49. The van der Waals surface area contributed by atoms with Crippen molar-refractivity contribution in [3.8, 4) is 0 Å². The van der Waals surface area contributed by atoms with Gasteiger partial charge in [0.25, 0.3) is 10.0 Å². The lowest BCUT2D eigenvalue weighted by atomic mass is 10.0. The molecule has 0 aliphatic carbocycles.